The Morgan fingerprint density at radius 1 is 1.44 bits per heavy atom. The molecule has 86 valence electrons. The van der Waals surface area contributed by atoms with Crippen LogP contribution >= 0.6 is 0 Å². The number of ether oxygens (including phenoxy) is 1. The number of nitrogens with zero attached hydrogens (tertiary/aromatic N) is 1. The Balaban J connectivity index is 1.81. The molecule has 0 spiro atoms. The zero-order valence-electron chi connectivity index (χ0n) is 9.26. The van der Waals surface area contributed by atoms with Crippen LogP contribution in [-0.4, -0.2) is 30.1 Å². The van der Waals surface area contributed by atoms with Crippen molar-refractivity contribution in [3.8, 4) is 0 Å². The van der Waals surface area contributed by atoms with Crippen LogP contribution in [0.1, 0.15) is 13.3 Å². The Hall–Kier alpha value is -1.32. The minimum absolute atomic E-state index is 0.0133. The molecule has 0 aromatic heterocycles. The number of hydrogen-bond donors (Lipinski definition) is 0. The summed E-state index contributed by atoms with van der Waals surface area (Å²) in [6.07, 6.45) is 4.94. The molecule has 3 aliphatic rings. The summed E-state index contributed by atoms with van der Waals surface area (Å²) in [7, 11) is 0. The Labute approximate surface area is 94.2 Å². The van der Waals surface area contributed by atoms with Gasteiger partial charge in [-0.15, -0.1) is 0 Å². The van der Waals surface area contributed by atoms with Crippen molar-refractivity contribution >= 4 is 12.0 Å². The summed E-state index contributed by atoms with van der Waals surface area (Å²) < 4.78 is 4.81. The van der Waals surface area contributed by atoms with Gasteiger partial charge in [-0.05, 0) is 24.2 Å². The molecular formula is C12H15NO3. The number of imide groups is 1. The zero-order chi connectivity index (χ0) is 11.3. The van der Waals surface area contributed by atoms with Crippen LogP contribution in [-0.2, 0) is 9.53 Å². The van der Waals surface area contributed by atoms with Gasteiger partial charge in [0, 0.05) is 5.92 Å². The van der Waals surface area contributed by atoms with Crippen molar-refractivity contribution in [1.82, 2.24) is 4.90 Å². The summed E-state index contributed by atoms with van der Waals surface area (Å²) in [6, 6.07) is 0. The number of fused-ring (bicyclic) bond motifs is 2. The van der Waals surface area contributed by atoms with E-state index < -0.39 is 6.09 Å². The van der Waals surface area contributed by atoms with Gasteiger partial charge in [0.25, 0.3) is 0 Å². The van der Waals surface area contributed by atoms with Crippen molar-refractivity contribution in [2.45, 2.75) is 13.3 Å². The minimum Gasteiger partial charge on any atom is -0.447 e. The molecule has 1 heterocycles. The third kappa shape index (κ3) is 1.22. The predicted molar refractivity (Wildman–Crippen MR) is 56.5 cm³/mol. The average Bonchev–Trinajstić information content (AvgIpc) is 2.92. The Morgan fingerprint density at radius 3 is 2.75 bits per heavy atom. The van der Waals surface area contributed by atoms with Crippen LogP contribution in [0.25, 0.3) is 0 Å². The van der Waals surface area contributed by atoms with Crippen LogP contribution in [0.3, 0.4) is 0 Å². The molecular weight excluding hydrogens is 206 g/mol. The lowest BCUT2D eigenvalue weighted by molar-refractivity contribution is -0.134. The third-order valence-electron chi connectivity index (χ3n) is 4.16. The summed E-state index contributed by atoms with van der Waals surface area (Å²) in [4.78, 5) is 24.9. The first kappa shape index (κ1) is 9.87. The number of hydrogen-bond acceptors (Lipinski definition) is 3. The molecule has 0 radical (unpaired) electrons. The fourth-order valence-electron chi connectivity index (χ4n) is 3.25. The van der Waals surface area contributed by atoms with Gasteiger partial charge in [-0.2, -0.15) is 0 Å². The highest BCUT2D eigenvalue weighted by molar-refractivity contribution is 5.94. The standard InChI is InChI=1S/C12H15NO3/c1-7-8-2-3-9(6-8)10(7)11(14)13-4-5-16-12(13)15/h2-3,7-10H,4-6H2,1H3/t7-,8-,9-,10+/m0/s1. The monoisotopic (exact) mass is 221 g/mol. The largest absolute Gasteiger partial charge is 0.447 e. The number of allylic oxidation sites excluding steroid dienone is 2. The molecule has 1 saturated carbocycles. The quantitative estimate of drug-likeness (QED) is 0.629. The summed E-state index contributed by atoms with van der Waals surface area (Å²) in [5.41, 5.74) is 0. The first-order valence-corrected chi connectivity index (χ1v) is 5.85. The second kappa shape index (κ2) is 3.34. The van der Waals surface area contributed by atoms with E-state index >= 15 is 0 Å². The molecule has 1 saturated heterocycles. The zero-order valence-corrected chi connectivity index (χ0v) is 9.26. The minimum atomic E-state index is -0.469. The van der Waals surface area contributed by atoms with Gasteiger partial charge < -0.3 is 4.74 Å². The van der Waals surface area contributed by atoms with Gasteiger partial charge in [0.1, 0.15) is 6.61 Å². The van der Waals surface area contributed by atoms with Crippen molar-refractivity contribution in [3.05, 3.63) is 12.2 Å². The van der Waals surface area contributed by atoms with Crippen LogP contribution in [0, 0.1) is 23.7 Å². The molecule has 2 aliphatic carbocycles. The van der Waals surface area contributed by atoms with E-state index in [2.05, 4.69) is 19.1 Å². The van der Waals surface area contributed by atoms with E-state index in [1.807, 2.05) is 0 Å². The topological polar surface area (TPSA) is 46.6 Å². The molecule has 16 heavy (non-hydrogen) atoms. The maximum Gasteiger partial charge on any atom is 0.416 e. The molecule has 0 aromatic rings. The number of carbonyl (C=O) groups excluding carboxylic acids is 2. The predicted octanol–water partition coefficient (Wildman–Crippen LogP) is 1.42. The van der Waals surface area contributed by atoms with E-state index in [9.17, 15) is 9.59 Å². The van der Waals surface area contributed by atoms with Crippen LogP contribution in [0.4, 0.5) is 4.79 Å². The first-order valence-electron chi connectivity index (χ1n) is 5.85. The molecule has 4 heteroatoms. The fourth-order valence-corrected chi connectivity index (χ4v) is 3.25. The highest BCUT2D eigenvalue weighted by atomic mass is 16.6. The van der Waals surface area contributed by atoms with Gasteiger partial charge in [-0.1, -0.05) is 19.1 Å². The molecule has 3 rings (SSSR count). The van der Waals surface area contributed by atoms with Crippen LogP contribution in [0.2, 0.25) is 0 Å². The van der Waals surface area contributed by atoms with Crippen molar-refractivity contribution in [2.75, 3.05) is 13.2 Å². The molecule has 1 aliphatic heterocycles. The van der Waals surface area contributed by atoms with E-state index in [4.69, 9.17) is 4.74 Å². The van der Waals surface area contributed by atoms with Gasteiger partial charge >= 0.3 is 6.09 Å². The Kier molecular flexibility index (Phi) is 2.06. The summed E-state index contributed by atoms with van der Waals surface area (Å²) >= 11 is 0. The normalized spacial score (nSPS) is 40.6. The van der Waals surface area contributed by atoms with Crippen LogP contribution in [0.5, 0.6) is 0 Å². The van der Waals surface area contributed by atoms with Crippen LogP contribution in [0.15, 0.2) is 12.2 Å². The maximum absolute atomic E-state index is 12.2. The van der Waals surface area contributed by atoms with E-state index in [-0.39, 0.29) is 11.8 Å². The Morgan fingerprint density at radius 2 is 2.19 bits per heavy atom. The van der Waals surface area contributed by atoms with E-state index in [0.717, 1.165) is 6.42 Å². The van der Waals surface area contributed by atoms with Gasteiger partial charge in [0.15, 0.2) is 0 Å². The second-order valence-electron chi connectivity index (χ2n) is 4.94. The van der Waals surface area contributed by atoms with Crippen molar-refractivity contribution < 1.29 is 14.3 Å². The molecule has 4 nitrogen and oxygen atoms in total. The number of rotatable bonds is 1. The van der Waals surface area contributed by atoms with Crippen molar-refractivity contribution in [3.63, 3.8) is 0 Å². The van der Waals surface area contributed by atoms with E-state index in [0.29, 0.717) is 30.9 Å². The first-order chi connectivity index (χ1) is 7.68. The molecule has 2 bridgehead atoms. The van der Waals surface area contributed by atoms with Crippen LogP contribution < -0.4 is 0 Å². The lowest BCUT2D eigenvalue weighted by Gasteiger charge is -2.26. The van der Waals surface area contributed by atoms with E-state index in [1.165, 1.54) is 4.90 Å². The lowest BCUT2D eigenvalue weighted by atomic mass is 9.83. The lowest BCUT2D eigenvalue weighted by Crippen LogP contribution is -2.40. The van der Waals surface area contributed by atoms with Crippen molar-refractivity contribution in [2.24, 2.45) is 23.7 Å². The maximum atomic E-state index is 12.2. The summed E-state index contributed by atoms with van der Waals surface area (Å²) in [6.45, 7) is 2.87. The van der Waals surface area contributed by atoms with Crippen molar-refractivity contribution in [1.29, 1.82) is 0 Å². The molecule has 0 unspecified atom stereocenters. The van der Waals surface area contributed by atoms with Gasteiger partial charge in [0.05, 0.1) is 6.54 Å². The summed E-state index contributed by atoms with van der Waals surface area (Å²) in [5.74, 6) is 1.17. The third-order valence-corrected chi connectivity index (χ3v) is 4.16. The number of amides is 2. The van der Waals surface area contributed by atoms with E-state index in [1.54, 1.807) is 0 Å². The molecule has 0 N–H and O–H groups in total. The SMILES string of the molecule is C[C@@H]1[C@@H](C(=O)N2CCOC2=O)[C@H]2C=C[C@H]1C2. The summed E-state index contributed by atoms with van der Waals surface area (Å²) in [5, 5.41) is 0. The highest BCUT2D eigenvalue weighted by Gasteiger charge is 2.48. The number of carbonyl (C=O) groups is 2. The second-order valence-corrected chi connectivity index (χ2v) is 4.94. The highest BCUT2D eigenvalue weighted by Crippen LogP contribution is 2.48. The smallest absolute Gasteiger partial charge is 0.416 e. The molecule has 4 atom stereocenters. The average molecular weight is 221 g/mol. The van der Waals surface area contributed by atoms with Gasteiger partial charge in [-0.3, -0.25) is 4.79 Å². The fraction of sp³-hybridized carbons (Fsp3) is 0.667. The molecule has 0 aromatic carbocycles. The van der Waals surface area contributed by atoms with Gasteiger partial charge in [0.2, 0.25) is 5.91 Å². The van der Waals surface area contributed by atoms with Gasteiger partial charge in [-0.25, -0.2) is 9.69 Å². The number of cyclic esters (lactones) is 1. The Bertz CT molecular complexity index is 376. The molecule has 2 amide bonds. The molecule has 2 fully saturated rings.